The quantitative estimate of drug-likeness (QED) is 0.279. The van der Waals surface area contributed by atoms with Crippen molar-refractivity contribution in [3.8, 4) is 0 Å². The maximum atomic E-state index is 12.6. The lowest BCUT2D eigenvalue weighted by molar-refractivity contribution is -0.113. The number of carbonyl (C=O) groups excluding carboxylic acids is 2. The first-order chi connectivity index (χ1) is 15.8. The molecular weight excluding hydrogens is 505 g/mol. The van der Waals surface area contributed by atoms with E-state index in [-0.39, 0.29) is 17.6 Å². The van der Waals surface area contributed by atoms with E-state index < -0.39 is 6.04 Å². The summed E-state index contributed by atoms with van der Waals surface area (Å²) in [5, 5.41) is 15.7. The molecule has 11 heteroatoms. The fourth-order valence-electron chi connectivity index (χ4n) is 2.91. The van der Waals surface area contributed by atoms with Gasteiger partial charge in [0.15, 0.2) is 11.0 Å². The van der Waals surface area contributed by atoms with E-state index in [9.17, 15) is 9.59 Å². The molecule has 1 aromatic heterocycles. The molecule has 33 heavy (non-hydrogen) atoms. The van der Waals surface area contributed by atoms with Crippen LogP contribution in [0.4, 0.5) is 5.69 Å². The number of nitrogens with one attached hydrogen (secondary N) is 2. The molecule has 2 aromatic carbocycles. The van der Waals surface area contributed by atoms with Crippen LogP contribution in [0.25, 0.3) is 0 Å². The van der Waals surface area contributed by atoms with E-state index in [0.717, 1.165) is 0 Å². The molecule has 0 saturated carbocycles. The highest BCUT2D eigenvalue weighted by atomic mass is 35.5. The summed E-state index contributed by atoms with van der Waals surface area (Å²) >= 11 is 19.2. The molecule has 0 radical (unpaired) electrons. The molecule has 0 aliphatic heterocycles. The van der Waals surface area contributed by atoms with Gasteiger partial charge in [-0.05, 0) is 37.3 Å². The Morgan fingerprint density at radius 3 is 2.58 bits per heavy atom. The normalized spacial score (nSPS) is 11.6. The molecule has 0 fully saturated rings. The first kappa shape index (κ1) is 25.1. The van der Waals surface area contributed by atoms with Gasteiger partial charge in [-0.15, -0.1) is 16.8 Å². The Labute approximate surface area is 210 Å². The van der Waals surface area contributed by atoms with Crippen molar-refractivity contribution < 1.29 is 9.59 Å². The predicted molar refractivity (Wildman–Crippen MR) is 133 cm³/mol. The van der Waals surface area contributed by atoms with Gasteiger partial charge in [0, 0.05) is 12.2 Å². The zero-order chi connectivity index (χ0) is 24.0. The van der Waals surface area contributed by atoms with Crippen molar-refractivity contribution >= 4 is 64.1 Å². The molecule has 0 saturated heterocycles. The molecule has 1 heterocycles. The van der Waals surface area contributed by atoms with Crippen LogP contribution in [-0.4, -0.2) is 32.3 Å². The van der Waals surface area contributed by atoms with Crippen molar-refractivity contribution in [2.75, 3.05) is 11.1 Å². The van der Waals surface area contributed by atoms with Gasteiger partial charge in [0.05, 0.1) is 32.4 Å². The maximum absolute atomic E-state index is 12.6. The zero-order valence-corrected chi connectivity index (χ0v) is 20.6. The summed E-state index contributed by atoms with van der Waals surface area (Å²) in [7, 11) is 0. The van der Waals surface area contributed by atoms with E-state index in [1.807, 2.05) is 0 Å². The molecule has 1 atom stereocenters. The Hall–Kier alpha value is -2.52. The zero-order valence-electron chi connectivity index (χ0n) is 17.5. The van der Waals surface area contributed by atoms with Gasteiger partial charge >= 0.3 is 0 Å². The summed E-state index contributed by atoms with van der Waals surface area (Å²) in [6.45, 7) is 5.97. The fraction of sp³-hybridized carbons (Fsp3) is 0.182. The minimum absolute atomic E-state index is 0.0931. The number of amides is 2. The summed E-state index contributed by atoms with van der Waals surface area (Å²) in [4.78, 5) is 25.0. The van der Waals surface area contributed by atoms with Gasteiger partial charge in [0.25, 0.3) is 5.91 Å². The molecule has 7 nitrogen and oxygen atoms in total. The van der Waals surface area contributed by atoms with Crippen molar-refractivity contribution in [2.24, 2.45) is 0 Å². The van der Waals surface area contributed by atoms with Crippen LogP contribution in [0.15, 0.2) is 60.3 Å². The second kappa shape index (κ2) is 11.6. The average Bonchev–Trinajstić information content (AvgIpc) is 3.18. The van der Waals surface area contributed by atoms with Crippen LogP contribution in [0, 0.1) is 0 Å². The summed E-state index contributed by atoms with van der Waals surface area (Å²) in [5.41, 5.74) is 0.911. The van der Waals surface area contributed by atoms with E-state index in [1.54, 1.807) is 60.0 Å². The first-order valence-electron chi connectivity index (χ1n) is 9.77. The third kappa shape index (κ3) is 6.51. The second-order valence-corrected chi connectivity index (χ2v) is 9.04. The minimum Gasteiger partial charge on any atom is -0.342 e. The van der Waals surface area contributed by atoms with E-state index >= 15 is 0 Å². The van der Waals surface area contributed by atoms with Gasteiger partial charge in [0.2, 0.25) is 5.91 Å². The number of hydrogen-bond donors (Lipinski definition) is 2. The first-order valence-corrected chi connectivity index (χ1v) is 11.9. The molecular formula is C22H20Cl3N5O2S. The second-order valence-electron chi connectivity index (χ2n) is 6.88. The van der Waals surface area contributed by atoms with Crippen LogP contribution in [0.3, 0.4) is 0 Å². The number of allylic oxidation sites excluding steroid dienone is 1. The lowest BCUT2D eigenvalue weighted by atomic mass is 10.2. The molecule has 0 spiro atoms. The highest BCUT2D eigenvalue weighted by molar-refractivity contribution is 7.99. The molecule has 0 bridgehead atoms. The average molecular weight is 525 g/mol. The largest absolute Gasteiger partial charge is 0.342 e. The van der Waals surface area contributed by atoms with Gasteiger partial charge in [-0.25, -0.2) is 0 Å². The summed E-state index contributed by atoms with van der Waals surface area (Å²) < 4.78 is 1.79. The Balaban J connectivity index is 1.67. The van der Waals surface area contributed by atoms with E-state index in [0.29, 0.717) is 43.8 Å². The van der Waals surface area contributed by atoms with Gasteiger partial charge < -0.3 is 15.2 Å². The Bertz CT molecular complexity index is 1180. The van der Waals surface area contributed by atoms with Crippen LogP contribution in [0.1, 0.15) is 29.1 Å². The Morgan fingerprint density at radius 2 is 1.88 bits per heavy atom. The maximum Gasteiger partial charge on any atom is 0.253 e. The van der Waals surface area contributed by atoms with Crippen LogP contribution in [0.5, 0.6) is 0 Å². The number of halogens is 3. The topological polar surface area (TPSA) is 88.9 Å². The number of rotatable bonds is 9. The van der Waals surface area contributed by atoms with Crippen molar-refractivity contribution in [3.63, 3.8) is 0 Å². The Morgan fingerprint density at radius 1 is 1.12 bits per heavy atom. The molecule has 172 valence electrons. The molecule has 2 N–H and O–H groups in total. The Kier molecular flexibility index (Phi) is 8.80. The predicted octanol–water partition coefficient (Wildman–Crippen LogP) is 5.65. The van der Waals surface area contributed by atoms with Crippen molar-refractivity contribution in [2.45, 2.75) is 24.7 Å². The summed E-state index contributed by atoms with van der Waals surface area (Å²) in [6, 6.07) is 11.2. The number of carbonyl (C=O) groups is 2. The van der Waals surface area contributed by atoms with Gasteiger partial charge in [-0.2, -0.15) is 0 Å². The fourth-order valence-corrected chi connectivity index (χ4v) is 4.19. The highest BCUT2D eigenvalue weighted by Crippen LogP contribution is 2.26. The van der Waals surface area contributed by atoms with Crippen LogP contribution < -0.4 is 10.6 Å². The van der Waals surface area contributed by atoms with Crippen molar-refractivity contribution in [1.82, 2.24) is 20.1 Å². The third-order valence-corrected chi connectivity index (χ3v) is 6.48. The SMILES string of the molecule is C=CCn1c(SCC(=O)Nc2ccc(Cl)c(Cl)c2)nnc1[C@@H](C)NC(=O)c1ccccc1Cl. The number of benzene rings is 2. The van der Waals surface area contributed by atoms with Crippen LogP contribution >= 0.6 is 46.6 Å². The lowest BCUT2D eigenvalue weighted by Crippen LogP contribution is -2.29. The van der Waals surface area contributed by atoms with Crippen molar-refractivity contribution in [3.05, 3.63) is 81.6 Å². The number of aromatic nitrogens is 3. The van der Waals surface area contributed by atoms with Crippen LogP contribution in [0.2, 0.25) is 15.1 Å². The number of anilines is 1. The number of thioether (sulfide) groups is 1. The molecule has 0 unspecified atom stereocenters. The molecule has 2 amide bonds. The van der Waals surface area contributed by atoms with Crippen molar-refractivity contribution in [1.29, 1.82) is 0 Å². The standard InChI is InChI=1S/C22H20Cl3N5O2S/c1-3-10-30-20(13(2)26-21(32)15-6-4-5-7-16(15)23)28-29-22(30)33-12-19(31)27-14-8-9-17(24)18(25)11-14/h3-9,11,13H,1,10,12H2,2H3,(H,26,32)(H,27,31)/t13-/m1/s1. The van der Waals surface area contributed by atoms with Gasteiger partial charge in [0.1, 0.15) is 0 Å². The minimum atomic E-state index is -0.458. The molecule has 3 aromatic rings. The smallest absolute Gasteiger partial charge is 0.253 e. The van der Waals surface area contributed by atoms with E-state index in [1.165, 1.54) is 11.8 Å². The monoisotopic (exact) mass is 523 g/mol. The highest BCUT2D eigenvalue weighted by Gasteiger charge is 2.21. The third-order valence-electron chi connectivity index (χ3n) is 4.45. The summed E-state index contributed by atoms with van der Waals surface area (Å²) in [6.07, 6.45) is 1.69. The molecule has 0 aliphatic carbocycles. The van der Waals surface area contributed by atoms with Gasteiger partial charge in [-0.1, -0.05) is 64.8 Å². The summed E-state index contributed by atoms with van der Waals surface area (Å²) in [5.74, 6) is 0.0582. The van der Waals surface area contributed by atoms with Crippen LogP contribution in [-0.2, 0) is 11.3 Å². The number of nitrogens with zero attached hydrogens (tertiary/aromatic N) is 3. The molecule has 3 rings (SSSR count). The lowest BCUT2D eigenvalue weighted by Gasteiger charge is -2.15. The number of hydrogen-bond acceptors (Lipinski definition) is 5. The van der Waals surface area contributed by atoms with E-state index in [2.05, 4.69) is 27.4 Å². The van der Waals surface area contributed by atoms with Gasteiger partial charge in [-0.3, -0.25) is 9.59 Å². The molecule has 0 aliphatic rings. The van der Waals surface area contributed by atoms with E-state index in [4.69, 9.17) is 34.8 Å².